The summed E-state index contributed by atoms with van der Waals surface area (Å²) in [6.07, 6.45) is 6.07. The first kappa shape index (κ1) is 19.6. The molecule has 0 fully saturated rings. The van der Waals surface area contributed by atoms with Crippen LogP contribution in [0.4, 0.5) is 4.79 Å². The molecule has 0 bridgehead atoms. The summed E-state index contributed by atoms with van der Waals surface area (Å²) in [6.45, 7) is 5.84. The van der Waals surface area contributed by atoms with Crippen LogP contribution in [0, 0.1) is 0 Å². The quantitative estimate of drug-likeness (QED) is 0.650. The van der Waals surface area contributed by atoms with Crippen molar-refractivity contribution in [2.24, 2.45) is 0 Å². The van der Waals surface area contributed by atoms with Crippen molar-refractivity contribution in [3.63, 3.8) is 0 Å². The monoisotopic (exact) mass is 381 g/mol. The lowest BCUT2D eigenvalue weighted by Crippen LogP contribution is -2.38. The van der Waals surface area contributed by atoms with Gasteiger partial charge in [-0.15, -0.1) is 10.2 Å². The zero-order valence-electron chi connectivity index (χ0n) is 16.6. The van der Waals surface area contributed by atoms with Crippen LogP contribution in [0.25, 0.3) is 0 Å². The molecule has 0 saturated carbocycles. The molecular weight excluding hydrogens is 354 g/mol. The fourth-order valence-corrected chi connectivity index (χ4v) is 2.99. The van der Waals surface area contributed by atoms with E-state index >= 15 is 0 Å². The maximum atomic E-state index is 12.4. The van der Waals surface area contributed by atoms with Crippen LogP contribution in [0.5, 0.6) is 0 Å². The van der Waals surface area contributed by atoms with Crippen LogP contribution in [0.15, 0.2) is 49.1 Å². The summed E-state index contributed by atoms with van der Waals surface area (Å²) < 4.78 is 4.07. The lowest BCUT2D eigenvalue weighted by atomic mass is 10.2. The van der Waals surface area contributed by atoms with Crippen molar-refractivity contribution in [3.05, 3.63) is 66.3 Å². The molecule has 3 rings (SSSR count). The average Bonchev–Trinajstić information content (AvgIpc) is 3.32. The van der Waals surface area contributed by atoms with Gasteiger partial charge >= 0.3 is 6.03 Å². The van der Waals surface area contributed by atoms with Gasteiger partial charge in [-0.3, -0.25) is 0 Å². The Labute approximate surface area is 165 Å². The zero-order chi connectivity index (χ0) is 19.9. The number of hydrogen-bond acceptors (Lipinski definition) is 4. The molecule has 8 heteroatoms. The molecule has 2 aromatic heterocycles. The van der Waals surface area contributed by atoms with Crippen molar-refractivity contribution in [1.29, 1.82) is 0 Å². The van der Waals surface area contributed by atoms with Crippen LogP contribution in [0.3, 0.4) is 0 Å². The van der Waals surface area contributed by atoms with Crippen molar-refractivity contribution < 1.29 is 4.79 Å². The molecule has 0 unspecified atom stereocenters. The number of benzene rings is 1. The molecule has 0 aliphatic rings. The second-order valence-corrected chi connectivity index (χ2v) is 7.04. The van der Waals surface area contributed by atoms with Gasteiger partial charge in [0.1, 0.15) is 18.0 Å². The maximum absolute atomic E-state index is 12.4. The van der Waals surface area contributed by atoms with Gasteiger partial charge in [0.15, 0.2) is 0 Å². The van der Waals surface area contributed by atoms with Gasteiger partial charge in [-0.1, -0.05) is 30.3 Å². The third kappa shape index (κ3) is 4.97. The van der Waals surface area contributed by atoms with Crippen LogP contribution in [-0.2, 0) is 19.5 Å². The highest BCUT2D eigenvalue weighted by Gasteiger charge is 2.13. The SMILES string of the molecule is CC(C)n1cnnc1CCNC(=O)N(C)Cc1nccn1Cc1ccccc1. The highest BCUT2D eigenvalue weighted by molar-refractivity contribution is 5.73. The van der Waals surface area contributed by atoms with E-state index in [9.17, 15) is 4.79 Å². The molecule has 8 nitrogen and oxygen atoms in total. The van der Waals surface area contributed by atoms with E-state index in [0.29, 0.717) is 25.6 Å². The van der Waals surface area contributed by atoms with Gasteiger partial charge in [-0.05, 0) is 19.4 Å². The molecule has 0 atom stereocenters. The average molecular weight is 381 g/mol. The largest absolute Gasteiger partial charge is 0.338 e. The van der Waals surface area contributed by atoms with Crippen LogP contribution in [0.1, 0.15) is 37.1 Å². The summed E-state index contributed by atoms with van der Waals surface area (Å²) >= 11 is 0. The van der Waals surface area contributed by atoms with E-state index in [4.69, 9.17) is 0 Å². The molecule has 2 amide bonds. The van der Waals surface area contributed by atoms with Crippen LogP contribution in [-0.4, -0.2) is 48.8 Å². The number of nitrogens with one attached hydrogen (secondary N) is 1. The van der Waals surface area contributed by atoms with Crippen molar-refractivity contribution in [1.82, 2.24) is 34.5 Å². The second kappa shape index (κ2) is 9.16. The smallest absolute Gasteiger partial charge is 0.317 e. The van der Waals surface area contributed by atoms with E-state index in [1.807, 2.05) is 29.0 Å². The molecule has 28 heavy (non-hydrogen) atoms. The highest BCUT2D eigenvalue weighted by Crippen LogP contribution is 2.08. The standard InChI is InChI=1S/C20H27N7O/c1-16(2)27-15-23-24-18(27)9-10-22-20(28)25(3)14-19-21-11-12-26(19)13-17-7-5-4-6-8-17/h4-8,11-12,15-16H,9-10,13-14H2,1-3H3,(H,22,28). The lowest BCUT2D eigenvalue weighted by molar-refractivity contribution is 0.205. The van der Waals surface area contributed by atoms with Gasteiger partial charge in [-0.25, -0.2) is 9.78 Å². The molecule has 148 valence electrons. The molecule has 1 N–H and O–H groups in total. The first-order chi connectivity index (χ1) is 13.5. The summed E-state index contributed by atoms with van der Waals surface area (Å²) in [5.74, 6) is 1.72. The van der Waals surface area contributed by atoms with E-state index in [-0.39, 0.29) is 6.03 Å². The molecule has 0 aliphatic carbocycles. The Morgan fingerprint density at radius 1 is 1.21 bits per heavy atom. The van der Waals surface area contributed by atoms with Gasteiger partial charge in [-0.2, -0.15) is 0 Å². The molecule has 3 aromatic rings. The molecule has 0 aliphatic heterocycles. The molecule has 1 aromatic carbocycles. The van der Waals surface area contributed by atoms with Gasteiger partial charge in [0.25, 0.3) is 0 Å². The Hall–Kier alpha value is -3.16. The number of carbonyl (C=O) groups excluding carboxylic acids is 1. The van der Waals surface area contributed by atoms with Crippen molar-refractivity contribution in [2.45, 2.75) is 39.4 Å². The molecule has 0 spiro atoms. The summed E-state index contributed by atoms with van der Waals surface area (Å²) in [7, 11) is 1.77. The Morgan fingerprint density at radius 3 is 2.75 bits per heavy atom. The zero-order valence-corrected chi connectivity index (χ0v) is 16.6. The first-order valence-electron chi connectivity index (χ1n) is 9.46. The topological polar surface area (TPSA) is 80.9 Å². The van der Waals surface area contributed by atoms with E-state index < -0.39 is 0 Å². The molecular formula is C20H27N7O. The van der Waals surface area contributed by atoms with Crippen molar-refractivity contribution in [2.75, 3.05) is 13.6 Å². The fraction of sp³-hybridized carbons (Fsp3) is 0.400. The Morgan fingerprint density at radius 2 is 2.00 bits per heavy atom. The Balaban J connectivity index is 1.51. The summed E-state index contributed by atoms with van der Waals surface area (Å²) in [5, 5.41) is 11.0. The molecule has 2 heterocycles. The second-order valence-electron chi connectivity index (χ2n) is 7.04. The first-order valence-corrected chi connectivity index (χ1v) is 9.46. The maximum Gasteiger partial charge on any atom is 0.317 e. The number of amides is 2. The minimum atomic E-state index is -0.134. The minimum absolute atomic E-state index is 0.134. The third-order valence-electron chi connectivity index (χ3n) is 4.55. The van der Waals surface area contributed by atoms with Crippen LogP contribution < -0.4 is 5.32 Å². The number of aromatic nitrogens is 5. The fourth-order valence-electron chi connectivity index (χ4n) is 2.99. The number of rotatable bonds is 8. The van der Waals surface area contributed by atoms with E-state index in [0.717, 1.165) is 18.2 Å². The number of nitrogens with zero attached hydrogens (tertiary/aromatic N) is 6. The summed E-state index contributed by atoms with van der Waals surface area (Å²) in [6, 6.07) is 10.4. The lowest BCUT2D eigenvalue weighted by Gasteiger charge is -2.18. The van der Waals surface area contributed by atoms with E-state index in [2.05, 4.69) is 51.0 Å². The van der Waals surface area contributed by atoms with Crippen molar-refractivity contribution >= 4 is 6.03 Å². The van der Waals surface area contributed by atoms with Crippen molar-refractivity contribution in [3.8, 4) is 0 Å². The van der Waals surface area contributed by atoms with Gasteiger partial charge < -0.3 is 19.4 Å². The minimum Gasteiger partial charge on any atom is -0.338 e. The van der Waals surface area contributed by atoms with Crippen LogP contribution in [0.2, 0.25) is 0 Å². The predicted octanol–water partition coefficient (Wildman–Crippen LogP) is 2.49. The molecule has 0 saturated heterocycles. The number of imidazole rings is 1. The number of hydrogen-bond donors (Lipinski definition) is 1. The highest BCUT2D eigenvalue weighted by atomic mass is 16.2. The number of carbonyl (C=O) groups is 1. The summed E-state index contributed by atoms with van der Waals surface area (Å²) in [4.78, 5) is 18.5. The van der Waals surface area contributed by atoms with Crippen LogP contribution >= 0.6 is 0 Å². The predicted molar refractivity (Wildman–Crippen MR) is 107 cm³/mol. The van der Waals surface area contributed by atoms with E-state index in [1.165, 1.54) is 5.56 Å². The normalized spacial score (nSPS) is 11.0. The van der Waals surface area contributed by atoms with Gasteiger partial charge in [0, 0.05) is 45.0 Å². The third-order valence-corrected chi connectivity index (χ3v) is 4.55. The molecule has 0 radical (unpaired) electrons. The van der Waals surface area contributed by atoms with E-state index in [1.54, 1.807) is 24.5 Å². The Bertz CT molecular complexity index is 885. The van der Waals surface area contributed by atoms with Gasteiger partial charge in [0.05, 0.1) is 6.54 Å². The number of urea groups is 1. The van der Waals surface area contributed by atoms with Gasteiger partial charge in [0.2, 0.25) is 0 Å². The Kier molecular flexibility index (Phi) is 6.41. The summed E-state index contributed by atoms with van der Waals surface area (Å²) in [5.41, 5.74) is 1.20.